The van der Waals surface area contributed by atoms with Gasteiger partial charge in [-0.15, -0.1) is 5.10 Å². The average Bonchev–Trinajstić information content (AvgIpc) is 3.45. The number of piperazine rings is 1. The molecular formula is C21H19ClFN7O4S. The molecule has 0 radical (unpaired) electrons. The third-order valence-electron chi connectivity index (χ3n) is 5.87. The Morgan fingerprint density at radius 1 is 1.17 bits per heavy atom. The number of rotatable bonds is 4. The largest absolute Gasteiger partial charge is 0.336 e. The quantitative estimate of drug-likeness (QED) is 0.435. The fraction of sp³-hybridized carbons (Fsp3) is 0.238. The highest BCUT2D eigenvalue weighted by Crippen LogP contribution is 2.26. The lowest BCUT2D eigenvalue weighted by Crippen LogP contribution is -2.50. The molecule has 0 aliphatic carbocycles. The summed E-state index contributed by atoms with van der Waals surface area (Å²) in [7, 11) is -3.94. The van der Waals surface area contributed by atoms with Gasteiger partial charge in [-0.3, -0.25) is 14.6 Å². The minimum Gasteiger partial charge on any atom is -0.336 e. The van der Waals surface area contributed by atoms with Crippen LogP contribution in [-0.4, -0.2) is 74.1 Å². The van der Waals surface area contributed by atoms with E-state index >= 15 is 0 Å². The van der Waals surface area contributed by atoms with Gasteiger partial charge in [0.15, 0.2) is 0 Å². The zero-order chi connectivity index (χ0) is 24.9. The number of nitrogens with one attached hydrogen (secondary N) is 1. The lowest BCUT2D eigenvalue weighted by Gasteiger charge is -2.34. The minimum absolute atomic E-state index is 0.0497. The van der Waals surface area contributed by atoms with E-state index in [1.807, 2.05) is 0 Å². The molecule has 0 bridgehead atoms. The van der Waals surface area contributed by atoms with Crippen LogP contribution >= 0.6 is 11.6 Å². The van der Waals surface area contributed by atoms with Crippen LogP contribution in [0, 0.1) is 12.7 Å². The van der Waals surface area contributed by atoms with Gasteiger partial charge in [0.2, 0.25) is 16.0 Å². The van der Waals surface area contributed by atoms with Crippen molar-refractivity contribution in [3.05, 3.63) is 75.2 Å². The van der Waals surface area contributed by atoms with Gasteiger partial charge in [0.05, 0.1) is 22.5 Å². The summed E-state index contributed by atoms with van der Waals surface area (Å²) >= 11 is 5.95. The second-order valence-corrected chi connectivity index (χ2v) is 10.3. The number of hydrogen-bond acceptors (Lipinski definition) is 6. The van der Waals surface area contributed by atoms with Gasteiger partial charge in [-0.05, 0) is 37.3 Å². The summed E-state index contributed by atoms with van der Waals surface area (Å²) in [4.78, 5) is 29.4. The summed E-state index contributed by atoms with van der Waals surface area (Å²) < 4.78 is 43.2. The van der Waals surface area contributed by atoms with Crippen molar-refractivity contribution in [2.24, 2.45) is 0 Å². The maximum atomic E-state index is 13.3. The third-order valence-corrected chi connectivity index (χ3v) is 8.25. The smallest absolute Gasteiger partial charge is 0.276 e. The maximum Gasteiger partial charge on any atom is 0.276 e. The van der Waals surface area contributed by atoms with Crippen LogP contribution in [0.3, 0.4) is 0 Å². The van der Waals surface area contributed by atoms with Gasteiger partial charge in [0.25, 0.3) is 11.5 Å². The molecule has 1 amide bonds. The number of halogens is 2. The lowest BCUT2D eigenvalue weighted by molar-refractivity contribution is 0.0697. The predicted molar refractivity (Wildman–Crippen MR) is 124 cm³/mol. The van der Waals surface area contributed by atoms with E-state index in [0.717, 1.165) is 18.2 Å². The Hall–Kier alpha value is -3.55. The van der Waals surface area contributed by atoms with Gasteiger partial charge >= 0.3 is 0 Å². The van der Waals surface area contributed by atoms with E-state index in [0.29, 0.717) is 16.8 Å². The topological polar surface area (TPSA) is 126 Å². The van der Waals surface area contributed by atoms with Gasteiger partial charge in [-0.25, -0.2) is 22.0 Å². The molecular weight excluding hydrogens is 501 g/mol. The number of H-pyrrole nitrogens is 1. The number of aromatic amines is 1. The van der Waals surface area contributed by atoms with E-state index in [4.69, 9.17) is 11.6 Å². The molecule has 4 heterocycles. The van der Waals surface area contributed by atoms with Crippen molar-refractivity contribution in [2.45, 2.75) is 11.8 Å². The summed E-state index contributed by atoms with van der Waals surface area (Å²) in [5, 5.41) is 8.34. The molecule has 1 aliphatic rings. The van der Waals surface area contributed by atoms with Crippen LogP contribution in [-0.2, 0) is 10.0 Å². The Bertz CT molecular complexity index is 1620. The minimum atomic E-state index is -3.94. The Morgan fingerprint density at radius 3 is 2.63 bits per heavy atom. The summed E-state index contributed by atoms with van der Waals surface area (Å²) in [6.45, 7) is 2.07. The van der Waals surface area contributed by atoms with Crippen LogP contribution in [0.2, 0.25) is 5.02 Å². The second kappa shape index (κ2) is 8.59. The van der Waals surface area contributed by atoms with Crippen molar-refractivity contribution >= 4 is 33.0 Å². The molecule has 1 fully saturated rings. The van der Waals surface area contributed by atoms with Crippen LogP contribution in [0.15, 0.2) is 52.4 Å². The maximum absolute atomic E-state index is 13.3. The number of benzene rings is 1. The van der Waals surface area contributed by atoms with Crippen molar-refractivity contribution in [1.29, 1.82) is 0 Å². The Balaban J connectivity index is 1.33. The number of fused-ring (bicyclic) bond motifs is 1. The molecule has 11 nitrogen and oxygen atoms in total. The molecule has 1 saturated heterocycles. The lowest BCUT2D eigenvalue weighted by atomic mass is 10.2. The van der Waals surface area contributed by atoms with Crippen LogP contribution in [0.4, 0.5) is 4.39 Å². The Labute approximate surface area is 203 Å². The molecule has 0 saturated carbocycles. The first-order valence-corrected chi connectivity index (χ1v) is 12.4. The number of hydrogen-bond donors (Lipinski definition) is 1. The number of aromatic nitrogens is 5. The van der Waals surface area contributed by atoms with E-state index in [1.165, 1.54) is 24.6 Å². The highest BCUT2D eigenvalue weighted by molar-refractivity contribution is 7.89. The number of nitrogens with zero attached hydrogens (tertiary/aromatic N) is 6. The molecule has 35 heavy (non-hydrogen) atoms. The molecule has 5 rings (SSSR count). The molecule has 14 heteroatoms. The number of amides is 1. The monoisotopic (exact) mass is 519 g/mol. The van der Waals surface area contributed by atoms with Gasteiger partial charge in [-0.1, -0.05) is 11.6 Å². The Kier molecular flexibility index (Phi) is 5.69. The molecule has 1 aliphatic heterocycles. The van der Waals surface area contributed by atoms with Gasteiger partial charge in [-0.2, -0.15) is 9.40 Å². The van der Waals surface area contributed by atoms with Crippen molar-refractivity contribution in [3.8, 4) is 5.95 Å². The number of carbonyl (C=O) groups excluding carboxylic acids is 1. The fourth-order valence-electron chi connectivity index (χ4n) is 3.99. The summed E-state index contributed by atoms with van der Waals surface area (Å²) in [6, 6.07) is 6.44. The molecule has 1 aromatic carbocycles. The molecule has 1 N–H and O–H groups in total. The van der Waals surface area contributed by atoms with E-state index in [-0.39, 0.29) is 53.5 Å². The van der Waals surface area contributed by atoms with Crippen LogP contribution in [0.5, 0.6) is 0 Å². The summed E-state index contributed by atoms with van der Waals surface area (Å²) in [5.41, 5.74) is 0.807. The first-order chi connectivity index (χ1) is 16.7. The van der Waals surface area contributed by atoms with Gasteiger partial charge < -0.3 is 4.90 Å². The van der Waals surface area contributed by atoms with E-state index in [9.17, 15) is 22.4 Å². The Morgan fingerprint density at radius 2 is 1.91 bits per heavy atom. The zero-order valence-corrected chi connectivity index (χ0v) is 19.9. The van der Waals surface area contributed by atoms with Crippen LogP contribution in [0.25, 0.3) is 11.5 Å². The van der Waals surface area contributed by atoms with Crippen molar-refractivity contribution in [3.63, 3.8) is 0 Å². The normalized spacial score (nSPS) is 15.1. The summed E-state index contributed by atoms with van der Waals surface area (Å²) in [6.07, 6.45) is 3.02. The van der Waals surface area contributed by atoms with Crippen molar-refractivity contribution < 1.29 is 17.6 Å². The number of carbonyl (C=O) groups is 1. The van der Waals surface area contributed by atoms with Crippen LogP contribution < -0.4 is 5.56 Å². The summed E-state index contributed by atoms with van der Waals surface area (Å²) in [5.74, 6) is -0.801. The fourth-order valence-corrected chi connectivity index (χ4v) is 5.91. The van der Waals surface area contributed by atoms with E-state index < -0.39 is 15.8 Å². The standard InChI is InChI=1S/C21H19ClFN7O4S/c1-13-15(12-24-30(13)21-25-19(31)17-3-2-6-29(17)26-21)20(32)27-7-9-28(10-8-27)35(33,34)18-5-4-14(23)11-16(18)22/h2-6,11-12H,7-10H2,1H3,(H,25,26,31). The predicted octanol–water partition coefficient (Wildman–Crippen LogP) is 1.46. The van der Waals surface area contributed by atoms with Gasteiger partial charge in [0.1, 0.15) is 16.2 Å². The zero-order valence-electron chi connectivity index (χ0n) is 18.4. The van der Waals surface area contributed by atoms with E-state index in [1.54, 1.807) is 25.3 Å². The molecule has 182 valence electrons. The third kappa shape index (κ3) is 4.00. The molecule has 0 unspecified atom stereocenters. The molecule has 3 aromatic heterocycles. The molecule has 0 spiro atoms. The first kappa shape index (κ1) is 23.2. The average molecular weight is 520 g/mol. The molecule has 0 atom stereocenters. The van der Waals surface area contributed by atoms with Gasteiger partial charge in [0, 0.05) is 32.4 Å². The number of sulfonamides is 1. The first-order valence-electron chi connectivity index (χ1n) is 10.5. The second-order valence-electron chi connectivity index (χ2n) is 7.94. The molecule has 4 aromatic rings. The highest BCUT2D eigenvalue weighted by atomic mass is 35.5. The van der Waals surface area contributed by atoms with Crippen LogP contribution in [0.1, 0.15) is 16.1 Å². The van der Waals surface area contributed by atoms with Crippen molar-refractivity contribution in [2.75, 3.05) is 26.2 Å². The SMILES string of the molecule is Cc1c(C(=O)N2CCN(S(=O)(=O)c3ccc(F)cc3Cl)CC2)cnn1-c1nn2cccc2c(=O)[nH]1. The highest BCUT2D eigenvalue weighted by Gasteiger charge is 2.32. The van der Waals surface area contributed by atoms with E-state index in [2.05, 4.69) is 15.2 Å². The van der Waals surface area contributed by atoms with Crippen molar-refractivity contribution in [1.82, 2.24) is 33.6 Å².